The number of fused-ring (bicyclic) bond motifs is 1. The third kappa shape index (κ3) is 2.92. The first kappa shape index (κ1) is 16.2. The molecule has 23 heavy (non-hydrogen) atoms. The van der Waals surface area contributed by atoms with Gasteiger partial charge in [0, 0.05) is 17.6 Å². The molecule has 1 N–H and O–H groups in total. The van der Waals surface area contributed by atoms with E-state index in [0.717, 1.165) is 5.56 Å². The minimum absolute atomic E-state index is 0.232. The lowest BCUT2D eigenvalue weighted by Crippen LogP contribution is -2.63. The Morgan fingerprint density at radius 2 is 2.13 bits per heavy atom. The van der Waals surface area contributed by atoms with E-state index in [1.54, 1.807) is 6.92 Å². The Labute approximate surface area is 133 Å². The van der Waals surface area contributed by atoms with Crippen LogP contribution in [0.3, 0.4) is 0 Å². The lowest BCUT2D eigenvalue weighted by atomic mass is 9.95. The van der Waals surface area contributed by atoms with Gasteiger partial charge in [0.15, 0.2) is 12.1 Å². The van der Waals surface area contributed by atoms with Crippen molar-refractivity contribution in [1.82, 2.24) is 0 Å². The van der Waals surface area contributed by atoms with Crippen molar-refractivity contribution < 1.29 is 24.1 Å². The molecular formula is C15H19N3O5. The van der Waals surface area contributed by atoms with Crippen LogP contribution in [0.1, 0.15) is 12.5 Å². The van der Waals surface area contributed by atoms with Gasteiger partial charge in [-0.25, -0.2) is 0 Å². The first-order valence-corrected chi connectivity index (χ1v) is 7.37. The van der Waals surface area contributed by atoms with Gasteiger partial charge in [-0.15, -0.1) is 0 Å². The molecule has 0 aromatic heterocycles. The van der Waals surface area contributed by atoms with Gasteiger partial charge in [-0.05, 0) is 12.5 Å². The maximum absolute atomic E-state index is 10.6. The quantitative estimate of drug-likeness (QED) is 0.518. The lowest BCUT2D eigenvalue weighted by Gasteiger charge is -2.49. The molecule has 8 heteroatoms. The summed E-state index contributed by atoms with van der Waals surface area (Å²) in [6.45, 7) is 2.02. The zero-order valence-corrected chi connectivity index (χ0v) is 12.9. The van der Waals surface area contributed by atoms with Crippen LogP contribution in [-0.4, -0.2) is 49.5 Å². The van der Waals surface area contributed by atoms with E-state index in [9.17, 15) is 5.11 Å². The van der Waals surface area contributed by atoms with Crippen LogP contribution in [0.15, 0.2) is 35.4 Å². The third-order valence-electron chi connectivity index (χ3n) is 4.24. The average Bonchev–Trinajstić information content (AvgIpc) is 2.59. The average molecular weight is 321 g/mol. The summed E-state index contributed by atoms with van der Waals surface area (Å²) in [6, 6.07) is 8.56. The van der Waals surface area contributed by atoms with Crippen molar-refractivity contribution in [3.63, 3.8) is 0 Å². The molecule has 2 saturated heterocycles. The van der Waals surface area contributed by atoms with Crippen LogP contribution in [0.4, 0.5) is 0 Å². The first-order chi connectivity index (χ1) is 11.1. The predicted molar refractivity (Wildman–Crippen MR) is 79.2 cm³/mol. The molecule has 2 fully saturated rings. The van der Waals surface area contributed by atoms with Gasteiger partial charge in [-0.1, -0.05) is 35.4 Å². The normalized spacial score (nSPS) is 40.0. The predicted octanol–water partition coefficient (Wildman–Crippen LogP) is 1.69. The Kier molecular flexibility index (Phi) is 4.54. The van der Waals surface area contributed by atoms with Crippen LogP contribution >= 0.6 is 0 Å². The van der Waals surface area contributed by atoms with Crippen LogP contribution in [-0.2, 0) is 24.7 Å². The minimum Gasteiger partial charge on any atom is -0.390 e. The van der Waals surface area contributed by atoms with Crippen molar-refractivity contribution >= 4 is 0 Å². The van der Waals surface area contributed by atoms with Crippen molar-refractivity contribution in [2.24, 2.45) is 5.11 Å². The van der Waals surface area contributed by atoms with Crippen molar-refractivity contribution in [2.45, 2.75) is 43.4 Å². The number of rotatable bonds is 3. The first-order valence-electron chi connectivity index (χ1n) is 7.37. The molecule has 2 aliphatic rings. The summed E-state index contributed by atoms with van der Waals surface area (Å²) in [5.41, 5.74) is 9.53. The minimum atomic E-state index is -1.05. The number of aliphatic hydroxyl groups excluding tert-OH is 1. The summed E-state index contributed by atoms with van der Waals surface area (Å²) in [5.74, 6) is -1.01. The van der Waals surface area contributed by atoms with Crippen LogP contribution < -0.4 is 0 Å². The second kappa shape index (κ2) is 6.45. The van der Waals surface area contributed by atoms with Crippen molar-refractivity contribution in [2.75, 3.05) is 13.7 Å². The van der Waals surface area contributed by atoms with E-state index in [4.69, 9.17) is 24.5 Å². The topological polar surface area (TPSA) is 106 Å². The van der Waals surface area contributed by atoms with E-state index >= 15 is 0 Å². The molecule has 0 bridgehead atoms. The lowest BCUT2D eigenvalue weighted by molar-refractivity contribution is -0.376. The molecule has 6 atom stereocenters. The molecule has 2 aliphatic heterocycles. The Hall–Kier alpha value is -1.67. The molecule has 2 heterocycles. The number of aliphatic hydroxyl groups is 1. The van der Waals surface area contributed by atoms with Gasteiger partial charge in [0.1, 0.15) is 18.2 Å². The molecule has 0 amide bonds. The number of nitrogens with zero attached hydrogens (tertiary/aromatic N) is 3. The highest BCUT2D eigenvalue weighted by atomic mass is 16.8. The zero-order valence-electron chi connectivity index (χ0n) is 12.9. The molecule has 1 aromatic rings. The van der Waals surface area contributed by atoms with Crippen LogP contribution in [0.25, 0.3) is 10.4 Å². The van der Waals surface area contributed by atoms with E-state index in [0.29, 0.717) is 0 Å². The zero-order chi connectivity index (χ0) is 16.4. The molecule has 0 spiro atoms. The second-order valence-electron chi connectivity index (χ2n) is 5.67. The number of hydrogen-bond donors (Lipinski definition) is 1. The maximum atomic E-state index is 10.6. The van der Waals surface area contributed by atoms with Crippen molar-refractivity contribution in [3.8, 4) is 0 Å². The Bertz CT molecular complexity index is 594. The van der Waals surface area contributed by atoms with Crippen LogP contribution in [0, 0.1) is 0 Å². The van der Waals surface area contributed by atoms with E-state index in [-0.39, 0.29) is 6.61 Å². The van der Waals surface area contributed by atoms with Gasteiger partial charge in [0.25, 0.3) is 0 Å². The summed E-state index contributed by atoms with van der Waals surface area (Å²) in [4.78, 5) is 2.76. The number of methoxy groups -OCH3 is 1. The number of benzene rings is 1. The fourth-order valence-corrected chi connectivity index (χ4v) is 2.99. The van der Waals surface area contributed by atoms with Gasteiger partial charge >= 0.3 is 0 Å². The fraction of sp³-hybridized carbons (Fsp3) is 0.600. The largest absolute Gasteiger partial charge is 0.390 e. The fourth-order valence-electron chi connectivity index (χ4n) is 2.99. The van der Waals surface area contributed by atoms with Crippen molar-refractivity contribution in [3.05, 3.63) is 46.3 Å². The van der Waals surface area contributed by atoms with Gasteiger partial charge in [-0.3, -0.25) is 0 Å². The smallest absolute Gasteiger partial charge is 0.192 e. The Balaban J connectivity index is 1.85. The van der Waals surface area contributed by atoms with Gasteiger partial charge < -0.3 is 24.1 Å². The molecule has 8 nitrogen and oxygen atoms in total. The SMILES string of the molecule is CO[C@@H]1O[C@@H]2CO[C@](C)(c3ccccc3)O[C@@H]2[C@H](O)[C@@H]1N=[N+]=[N-]. The summed E-state index contributed by atoms with van der Waals surface area (Å²) in [5, 5.41) is 14.2. The van der Waals surface area contributed by atoms with Gasteiger partial charge in [-0.2, -0.15) is 0 Å². The van der Waals surface area contributed by atoms with E-state index in [2.05, 4.69) is 10.0 Å². The van der Waals surface area contributed by atoms with Crippen molar-refractivity contribution in [1.29, 1.82) is 0 Å². The Morgan fingerprint density at radius 3 is 2.78 bits per heavy atom. The molecule has 1 aromatic carbocycles. The third-order valence-corrected chi connectivity index (χ3v) is 4.24. The summed E-state index contributed by atoms with van der Waals surface area (Å²) in [6.07, 6.45) is -3.08. The molecule has 0 unspecified atom stereocenters. The van der Waals surface area contributed by atoms with E-state index in [1.807, 2.05) is 30.3 Å². The van der Waals surface area contributed by atoms with E-state index < -0.39 is 36.4 Å². The highest BCUT2D eigenvalue weighted by Gasteiger charge is 2.52. The summed E-state index contributed by atoms with van der Waals surface area (Å²) < 4.78 is 22.7. The maximum Gasteiger partial charge on any atom is 0.192 e. The number of hydrogen-bond acceptors (Lipinski definition) is 6. The second-order valence-corrected chi connectivity index (χ2v) is 5.67. The Morgan fingerprint density at radius 1 is 1.39 bits per heavy atom. The van der Waals surface area contributed by atoms with Crippen LogP contribution in [0.2, 0.25) is 0 Å². The number of ether oxygens (including phenoxy) is 4. The van der Waals surface area contributed by atoms with E-state index in [1.165, 1.54) is 7.11 Å². The highest BCUT2D eigenvalue weighted by Crippen LogP contribution is 2.38. The van der Waals surface area contributed by atoms with Crippen LogP contribution in [0.5, 0.6) is 0 Å². The highest BCUT2D eigenvalue weighted by molar-refractivity contribution is 5.20. The standard InChI is InChI=1S/C15H19N3O5/c1-15(9-6-4-3-5-7-9)21-8-10-13(23-15)12(19)11(17-18-16)14(20-2)22-10/h3-7,10-14,19H,8H2,1-2H3/t10-,11+,12-,13+,14-,15+/m1/s1. The molecule has 3 rings (SSSR count). The molecule has 0 saturated carbocycles. The number of azide groups is 1. The summed E-state index contributed by atoms with van der Waals surface area (Å²) >= 11 is 0. The molecule has 0 aliphatic carbocycles. The monoisotopic (exact) mass is 321 g/mol. The van der Waals surface area contributed by atoms with Gasteiger partial charge in [0.05, 0.1) is 12.7 Å². The van der Waals surface area contributed by atoms with Gasteiger partial charge in [0.2, 0.25) is 0 Å². The molecular weight excluding hydrogens is 302 g/mol. The molecule has 0 radical (unpaired) electrons. The molecule has 124 valence electrons. The summed E-state index contributed by atoms with van der Waals surface area (Å²) in [7, 11) is 1.43.